The summed E-state index contributed by atoms with van der Waals surface area (Å²) in [7, 11) is 2.10. The van der Waals surface area contributed by atoms with Crippen LogP contribution >= 0.6 is 0 Å². The Bertz CT molecular complexity index is 279. The molecule has 0 bridgehead atoms. The maximum Gasteiger partial charge on any atom is 0.0424 e. The van der Waals surface area contributed by atoms with Crippen molar-refractivity contribution in [3.63, 3.8) is 0 Å². The van der Waals surface area contributed by atoms with Crippen LogP contribution in [0, 0.1) is 0 Å². The Morgan fingerprint density at radius 1 is 1.20 bits per heavy atom. The average Bonchev–Trinajstić information content (AvgIpc) is 2.29. The average molecular weight is 206 g/mol. The van der Waals surface area contributed by atoms with Gasteiger partial charge in [0.1, 0.15) is 0 Å². The van der Waals surface area contributed by atoms with E-state index in [0.29, 0.717) is 0 Å². The summed E-state index contributed by atoms with van der Waals surface area (Å²) in [5, 5.41) is 0. The molecular weight excluding hydrogens is 184 g/mol. The van der Waals surface area contributed by atoms with Gasteiger partial charge in [0.05, 0.1) is 0 Å². The number of hydrogen-bond acceptors (Lipinski definition) is 2. The minimum absolute atomic E-state index is 0.126. The third-order valence-electron chi connectivity index (χ3n) is 2.86. The van der Waals surface area contributed by atoms with Gasteiger partial charge in [-0.3, -0.25) is 0 Å². The zero-order valence-corrected chi connectivity index (χ0v) is 10.0. The molecular formula is C13H22N2. The van der Waals surface area contributed by atoms with E-state index in [4.69, 9.17) is 5.73 Å². The van der Waals surface area contributed by atoms with Gasteiger partial charge in [0.15, 0.2) is 0 Å². The first-order valence-electron chi connectivity index (χ1n) is 5.70. The van der Waals surface area contributed by atoms with Crippen molar-refractivity contribution in [3.05, 3.63) is 35.4 Å². The number of aryl methyl sites for hydroxylation is 1. The topological polar surface area (TPSA) is 29.3 Å². The van der Waals surface area contributed by atoms with Crippen LogP contribution in [0.3, 0.4) is 0 Å². The molecule has 2 heteroatoms. The molecule has 1 aromatic carbocycles. The van der Waals surface area contributed by atoms with Crippen LogP contribution in [0.15, 0.2) is 24.3 Å². The molecule has 15 heavy (non-hydrogen) atoms. The second-order valence-electron chi connectivity index (χ2n) is 4.06. The molecule has 0 aliphatic rings. The zero-order valence-electron chi connectivity index (χ0n) is 10.0. The summed E-state index contributed by atoms with van der Waals surface area (Å²) in [6.07, 6.45) is 1.09. The van der Waals surface area contributed by atoms with E-state index in [1.165, 1.54) is 11.1 Å². The lowest BCUT2D eigenvalue weighted by Gasteiger charge is -2.19. The monoisotopic (exact) mass is 206 g/mol. The Kier molecular flexibility index (Phi) is 4.79. The van der Waals surface area contributed by atoms with Gasteiger partial charge < -0.3 is 10.6 Å². The summed E-state index contributed by atoms with van der Waals surface area (Å²) < 4.78 is 0. The standard InChI is InChI=1S/C13H22N2/c1-4-11-6-8-12(9-7-11)13(14)10-15(3)5-2/h6-9,13H,4-5,10,14H2,1-3H3. The fourth-order valence-electron chi connectivity index (χ4n) is 1.57. The third kappa shape index (κ3) is 3.65. The molecule has 0 fully saturated rings. The van der Waals surface area contributed by atoms with E-state index in [2.05, 4.69) is 50.1 Å². The lowest BCUT2D eigenvalue weighted by Crippen LogP contribution is -2.28. The van der Waals surface area contributed by atoms with Gasteiger partial charge in [-0.2, -0.15) is 0 Å². The molecule has 0 spiro atoms. The zero-order chi connectivity index (χ0) is 11.3. The van der Waals surface area contributed by atoms with Crippen LogP contribution in [-0.4, -0.2) is 25.0 Å². The first-order chi connectivity index (χ1) is 7.17. The van der Waals surface area contributed by atoms with Gasteiger partial charge >= 0.3 is 0 Å². The summed E-state index contributed by atoms with van der Waals surface area (Å²) in [6.45, 7) is 6.27. The lowest BCUT2D eigenvalue weighted by atomic mass is 10.0. The van der Waals surface area contributed by atoms with Crippen molar-refractivity contribution >= 4 is 0 Å². The van der Waals surface area contributed by atoms with Crippen molar-refractivity contribution in [1.29, 1.82) is 0 Å². The highest BCUT2D eigenvalue weighted by Gasteiger charge is 2.07. The van der Waals surface area contributed by atoms with E-state index in [9.17, 15) is 0 Å². The molecule has 0 radical (unpaired) electrons. The Balaban J connectivity index is 2.61. The molecule has 84 valence electrons. The number of nitrogens with two attached hydrogens (primary N) is 1. The van der Waals surface area contributed by atoms with Crippen LogP contribution in [-0.2, 0) is 6.42 Å². The molecule has 0 aliphatic heterocycles. The van der Waals surface area contributed by atoms with Crippen LogP contribution in [0.5, 0.6) is 0 Å². The van der Waals surface area contributed by atoms with E-state index >= 15 is 0 Å². The van der Waals surface area contributed by atoms with Crippen molar-refractivity contribution in [2.45, 2.75) is 26.3 Å². The van der Waals surface area contributed by atoms with Crippen LogP contribution in [0.2, 0.25) is 0 Å². The lowest BCUT2D eigenvalue weighted by molar-refractivity contribution is 0.329. The quantitative estimate of drug-likeness (QED) is 0.800. The van der Waals surface area contributed by atoms with Crippen LogP contribution < -0.4 is 5.73 Å². The smallest absolute Gasteiger partial charge is 0.0424 e. The number of benzene rings is 1. The second kappa shape index (κ2) is 5.89. The van der Waals surface area contributed by atoms with Gasteiger partial charge in [-0.15, -0.1) is 0 Å². The predicted molar refractivity (Wildman–Crippen MR) is 65.9 cm³/mol. The molecule has 0 aromatic heterocycles. The van der Waals surface area contributed by atoms with Crippen LogP contribution in [0.1, 0.15) is 31.0 Å². The first-order valence-corrected chi connectivity index (χ1v) is 5.70. The van der Waals surface area contributed by atoms with Gasteiger partial charge in [0, 0.05) is 12.6 Å². The molecule has 0 saturated carbocycles. The Hall–Kier alpha value is -0.860. The fourth-order valence-corrected chi connectivity index (χ4v) is 1.57. The number of likely N-dealkylation sites (N-methyl/N-ethyl adjacent to an activating group) is 1. The molecule has 2 N–H and O–H groups in total. The highest BCUT2D eigenvalue weighted by atomic mass is 15.1. The first kappa shape index (κ1) is 12.2. The molecule has 1 aromatic rings. The highest BCUT2D eigenvalue weighted by molar-refractivity contribution is 5.24. The van der Waals surface area contributed by atoms with Crippen LogP contribution in [0.4, 0.5) is 0 Å². The fraction of sp³-hybridized carbons (Fsp3) is 0.538. The van der Waals surface area contributed by atoms with Gasteiger partial charge in [0.25, 0.3) is 0 Å². The summed E-state index contributed by atoms with van der Waals surface area (Å²) in [6, 6.07) is 8.75. The minimum atomic E-state index is 0.126. The van der Waals surface area contributed by atoms with E-state index in [0.717, 1.165) is 19.5 Å². The SMILES string of the molecule is CCc1ccc(C(N)CN(C)CC)cc1. The van der Waals surface area contributed by atoms with Crippen molar-refractivity contribution in [2.75, 3.05) is 20.1 Å². The molecule has 1 atom stereocenters. The van der Waals surface area contributed by atoms with Crippen LogP contribution in [0.25, 0.3) is 0 Å². The normalized spacial score (nSPS) is 13.1. The third-order valence-corrected chi connectivity index (χ3v) is 2.86. The molecule has 0 saturated heterocycles. The molecule has 1 rings (SSSR count). The molecule has 2 nitrogen and oxygen atoms in total. The maximum atomic E-state index is 6.12. The molecule has 0 amide bonds. The number of nitrogens with zero attached hydrogens (tertiary/aromatic N) is 1. The van der Waals surface area contributed by atoms with Gasteiger partial charge in [0.2, 0.25) is 0 Å². The summed E-state index contributed by atoms with van der Waals surface area (Å²) in [4.78, 5) is 2.23. The van der Waals surface area contributed by atoms with E-state index in [-0.39, 0.29) is 6.04 Å². The Morgan fingerprint density at radius 3 is 2.27 bits per heavy atom. The van der Waals surface area contributed by atoms with Crippen molar-refractivity contribution in [3.8, 4) is 0 Å². The number of rotatable bonds is 5. The molecule has 0 heterocycles. The maximum absolute atomic E-state index is 6.12. The Morgan fingerprint density at radius 2 is 1.80 bits per heavy atom. The highest BCUT2D eigenvalue weighted by Crippen LogP contribution is 2.12. The predicted octanol–water partition coefficient (Wildman–Crippen LogP) is 2.20. The van der Waals surface area contributed by atoms with Gasteiger partial charge in [-0.25, -0.2) is 0 Å². The van der Waals surface area contributed by atoms with Crippen molar-refractivity contribution in [2.24, 2.45) is 5.73 Å². The van der Waals surface area contributed by atoms with Crippen molar-refractivity contribution < 1.29 is 0 Å². The largest absolute Gasteiger partial charge is 0.323 e. The van der Waals surface area contributed by atoms with Crippen molar-refractivity contribution in [1.82, 2.24) is 4.90 Å². The van der Waals surface area contributed by atoms with E-state index < -0.39 is 0 Å². The number of hydrogen-bond donors (Lipinski definition) is 1. The summed E-state index contributed by atoms with van der Waals surface area (Å²) in [5.74, 6) is 0. The van der Waals surface area contributed by atoms with E-state index in [1.807, 2.05) is 0 Å². The summed E-state index contributed by atoms with van der Waals surface area (Å²) >= 11 is 0. The van der Waals surface area contributed by atoms with Gasteiger partial charge in [-0.05, 0) is 31.1 Å². The minimum Gasteiger partial charge on any atom is -0.323 e. The Labute approximate surface area is 93.1 Å². The summed E-state index contributed by atoms with van der Waals surface area (Å²) in [5.41, 5.74) is 8.72. The van der Waals surface area contributed by atoms with E-state index in [1.54, 1.807) is 0 Å². The molecule has 1 unspecified atom stereocenters. The molecule has 0 aliphatic carbocycles. The second-order valence-corrected chi connectivity index (χ2v) is 4.06. The van der Waals surface area contributed by atoms with Gasteiger partial charge in [-0.1, -0.05) is 38.1 Å².